The highest BCUT2D eigenvalue weighted by Crippen LogP contribution is 2.16. The van der Waals surface area contributed by atoms with Crippen LogP contribution in [-0.2, 0) is 19.6 Å². The Morgan fingerprint density at radius 2 is 1.94 bits per heavy atom. The zero-order valence-corrected chi connectivity index (χ0v) is 17.8. The number of hydrogen-bond donors (Lipinski definition) is 2. The number of furan rings is 1. The van der Waals surface area contributed by atoms with E-state index in [1.807, 2.05) is 48.2 Å². The van der Waals surface area contributed by atoms with Crippen LogP contribution in [0, 0.1) is 12.7 Å². The lowest BCUT2D eigenvalue weighted by Gasteiger charge is -2.26. The molecule has 0 aliphatic rings. The quantitative estimate of drug-likeness (QED) is 0.432. The molecule has 0 saturated carbocycles. The van der Waals surface area contributed by atoms with Crippen molar-refractivity contribution in [1.29, 1.82) is 0 Å². The van der Waals surface area contributed by atoms with Crippen LogP contribution in [0.5, 0.6) is 0 Å². The van der Waals surface area contributed by atoms with Gasteiger partial charge in [-0.15, -0.1) is 0 Å². The minimum Gasteiger partial charge on any atom is -0.467 e. The van der Waals surface area contributed by atoms with Crippen LogP contribution >= 0.6 is 12.2 Å². The fourth-order valence-electron chi connectivity index (χ4n) is 3.38. The third-order valence-corrected chi connectivity index (χ3v) is 5.41. The summed E-state index contributed by atoms with van der Waals surface area (Å²) in [5.74, 6) is 0.457. The third-order valence-electron chi connectivity index (χ3n) is 5.01. The number of aromatic nitrogens is 1. The van der Waals surface area contributed by atoms with E-state index in [-0.39, 0.29) is 11.4 Å². The Morgan fingerprint density at radius 3 is 2.68 bits per heavy atom. The van der Waals surface area contributed by atoms with Gasteiger partial charge in [0, 0.05) is 17.6 Å². The lowest BCUT2D eigenvalue weighted by molar-refractivity contribution is 0.393. The van der Waals surface area contributed by atoms with E-state index in [0.717, 1.165) is 27.8 Å². The van der Waals surface area contributed by atoms with Gasteiger partial charge in [-0.1, -0.05) is 24.3 Å². The Balaban J connectivity index is 1.59. The maximum atomic E-state index is 13.3. The average molecular weight is 436 g/mol. The molecule has 0 radical (unpaired) electrons. The lowest BCUT2D eigenvalue weighted by atomic mass is 10.1. The summed E-state index contributed by atoms with van der Waals surface area (Å²) in [7, 11) is 0. The summed E-state index contributed by atoms with van der Waals surface area (Å²) in [5, 5.41) is 4.61. The standard InChI is InChI=1S/C24H22FN3O2S/c1-16-4-7-18-12-19(23(29)27-22(18)11-16)15-28(14-17-5-8-20(25)9-6-17)24(31)26-13-21-3-2-10-30-21/h2-12H,13-15H2,1H3,(H,26,31)(H,27,29). The van der Waals surface area contributed by atoms with Crippen molar-refractivity contribution >= 4 is 28.2 Å². The van der Waals surface area contributed by atoms with Crippen LogP contribution in [-0.4, -0.2) is 15.0 Å². The molecule has 4 rings (SSSR count). The van der Waals surface area contributed by atoms with E-state index < -0.39 is 0 Å². The number of pyridine rings is 1. The molecular formula is C24H22FN3O2S. The number of rotatable bonds is 6. The number of aryl methyl sites for hydroxylation is 1. The number of benzene rings is 2. The van der Waals surface area contributed by atoms with Crippen LogP contribution in [0.25, 0.3) is 10.9 Å². The predicted octanol–water partition coefficient (Wildman–Crippen LogP) is 4.65. The van der Waals surface area contributed by atoms with Gasteiger partial charge in [0.05, 0.1) is 19.4 Å². The largest absolute Gasteiger partial charge is 0.467 e. The number of halogens is 1. The summed E-state index contributed by atoms with van der Waals surface area (Å²) in [6, 6.07) is 17.8. The average Bonchev–Trinajstić information content (AvgIpc) is 3.27. The molecule has 0 amide bonds. The first-order valence-corrected chi connectivity index (χ1v) is 10.3. The van der Waals surface area contributed by atoms with E-state index in [1.54, 1.807) is 18.4 Å². The van der Waals surface area contributed by atoms with E-state index >= 15 is 0 Å². The van der Waals surface area contributed by atoms with Gasteiger partial charge in [0.25, 0.3) is 5.56 Å². The van der Waals surface area contributed by atoms with Crippen LogP contribution in [0.15, 0.2) is 76.1 Å². The van der Waals surface area contributed by atoms with E-state index in [9.17, 15) is 9.18 Å². The Labute approximate surface area is 184 Å². The van der Waals surface area contributed by atoms with Gasteiger partial charge >= 0.3 is 0 Å². The molecule has 0 aliphatic heterocycles. The topological polar surface area (TPSA) is 61.3 Å². The Hall–Kier alpha value is -3.45. The van der Waals surface area contributed by atoms with Crippen LogP contribution in [0.1, 0.15) is 22.5 Å². The van der Waals surface area contributed by atoms with Gasteiger partial charge in [-0.2, -0.15) is 0 Å². The number of hydrogen-bond acceptors (Lipinski definition) is 3. The van der Waals surface area contributed by atoms with E-state index in [2.05, 4.69) is 10.3 Å². The molecule has 31 heavy (non-hydrogen) atoms. The SMILES string of the molecule is Cc1ccc2cc(CN(Cc3ccc(F)cc3)C(=S)NCc3ccco3)c(=O)[nH]c2c1. The van der Waals surface area contributed by atoms with E-state index in [0.29, 0.717) is 30.3 Å². The fourth-order valence-corrected chi connectivity index (χ4v) is 3.58. The number of nitrogens with one attached hydrogen (secondary N) is 2. The number of fused-ring (bicyclic) bond motifs is 1. The van der Waals surface area contributed by atoms with Gasteiger partial charge in [0.1, 0.15) is 11.6 Å². The molecule has 2 heterocycles. The van der Waals surface area contributed by atoms with Crippen molar-refractivity contribution in [2.24, 2.45) is 0 Å². The maximum absolute atomic E-state index is 13.3. The summed E-state index contributed by atoms with van der Waals surface area (Å²) in [6.45, 7) is 3.15. The van der Waals surface area contributed by atoms with Crippen LogP contribution in [0.2, 0.25) is 0 Å². The summed E-state index contributed by atoms with van der Waals surface area (Å²) < 4.78 is 18.7. The molecule has 7 heteroatoms. The molecule has 0 atom stereocenters. The molecule has 0 bridgehead atoms. The van der Waals surface area contributed by atoms with Crippen molar-refractivity contribution in [3.63, 3.8) is 0 Å². The zero-order valence-electron chi connectivity index (χ0n) is 17.0. The highest BCUT2D eigenvalue weighted by atomic mass is 32.1. The van der Waals surface area contributed by atoms with Gasteiger partial charge < -0.3 is 19.6 Å². The molecule has 5 nitrogen and oxygen atoms in total. The molecule has 4 aromatic rings. The van der Waals surface area contributed by atoms with E-state index in [4.69, 9.17) is 16.6 Å². The van der Waals surface area contributed by atoms with Crippen molar-refractivity contribution in [1.82, 2.24) is 15.2 Å². The van der Waals surface area contributed by atoms with Crippen molar-refractivity contribution in [3.8, 4) is 0 Å². The molecule has 0 aliphatic carbocycles. The number of H-pyrrole nitrogens is 1. The minimum absolute atomic E-state index is 0.156. The molecule has 2 aromatic carbocycles. The summed E-state index contributed by atoms with van der Waals surface area (Å²) in [4.78, 5) is 17.6. The molecule has 2 aromatic heterocycles. The Kier molecular flexibility index (Phi) is 6.13. The highest BCUT2D eigenvalue weighted by Gasteiger charge is 2.15. The second kappa shape index (κ2) is 9.14. The molecule has 158 valence electrons. The van der Waals surface area contributed by atoms with Crippen LogP contribution in [0.3, 0.4) is 0 Å². The first-order valence-electron chi connectivity index (χ1n) is 9.90. The van der Waals surface area contributed by atoms with Gasteiger partial charge in [0.15, 0.2) is 5.11 Å². The van der Waals surface area contributed by atoms with Crippen molar-refractivity contribution in [2.45, 2.75) is 26.6 Å². The molecule has 0 fully saturated rings. The molecular weight excluding hydrogens is 413 g/mol. The third kappa shape index (κ3) is 5.19. The monoisotopic (exact) mass is 435 g/mol. The normalized spacial score (nSPS) is 10.9. The number of nitrogens with zero attached hydrogens (tertiary/aromatic N) is 1. The van der Waals surface area contributed by atoms with E-state index in [1.165, 1.54) is 12.1 Å². The van der Waals surface area contributed by atoms with Crippen molar-refractivity contribution in [2.75, 3.05) is 0 Å². The summed E-state index contributed by atoms with van der Waals surface area (Å²) >= 11 is 5.62. The Morgan fingerprint density at radius 1 is 1.13 bits per heavy atom. The predicted molar refractivity (Wildman–Crippen MR) is 123 cm³/mol. The highest BCUT2D eigenvalue weighted by molar-refractivity contribution is 7.80. The molecule has 0 spiro atoms. The molecule has 0 saturated heterocycles. The van der Waals surface area contributed by atoms with Gasteiger partial charge in [0.2, 0.25) is 0 Å². The maximum Gasteiger partial charge on any atom is 0.253 e. The van der Waals surface area contributed by atoms with Gasteiger partial charge in [-0.3, -0.25) is 4.79 Å². The van der Waals surface area contributed by atoms with Crippen molar-refractivity contribution in [3.05, 3.63) is 106 Å². The second-order valence-corrected chi connectivity index (χ2v) is 7.82. The Bertz CT molecular complexity index is 1250. The first-order chi connectivity index (χ1) is 15.0. The summed E-state index contributed by atoms with van der Waals surface area (Å²) in [6.07, 6.45) is 1.60. The smallest absolute Gasteiger partial charge is 0.253 e. The lowest BCUT2D eigenvalue weighted by Crippen LogP contribution is -2.39. The number of aromatic amines is 1. The zero-order chi connectivity index (χ0) is 21.8. The van der Waals surface area contributed by atoms with Gasteiger partial charge in [-0.25, -0.2) is 4.39 Å². The first kappa shape index (κ1) is 20.8. The molecule has 2 N–H and O–H groups in total. The molecule has 0 unspecified atom stereocenters. The number of thiocarbonyl (C=S) groups is 1. The minimum atomic E-state index is -0.296. The second-order valence-electron chi connectivity index (χ2n) is 7.44. The van der Waals surface area contributed by atoms with Crippen LogP contribution in [0.4, 0.5) is 4.39 Å². The van der Waals surface area contributed by atoms with Crippen molar-refractivity contribution < 1.29 is 8.81 Å². The fraction of sp³-hybridized carbons (Fsp3) is 0.167. The van der Waals surface area contributed by atoms with Gasteiger partial charge in [-0.05, 0) is 72.1 Å². The summed E-state index contributed by atoms with van der Waals surface area (Å²) in [5.41, 5.74) is 3.21. The van der Waals surface area contributed by atoms with Crippen LogP contribution < -0.4 is 10.9 Å².